The normalized spacial score (nSPS) is 14.0. The molecule has 0 radical (unpaired) electrons. The third-order valence-corrected chi connectivity index (χ3v) is 5.94. The Balaban J connectivity index is 1.55. The summed E-state index contributed by atoms with van der Waals surface area (Å²) < 4.78 is 5.42. The monoisotopic (exact) mass is 509 g/mol. The van der Waals surface area contributed by atoms with E-state index in [4.69, 9.17) is 33.5 Å². The Morgan fingerprint density at radius 3 is 2.37 bits per heavy atom. The van der Waals surface area contributed by atoms with Gasteiger partial charge >= 0.3 is 0 Å². The van der Waals surface area contributed by atoms with Gasteiger partial charge in [0.2, 0.25) is 17.0 Å². The van der Waals surface area contributed by atoms with Gasteiger partial charge in [-0.05, 0) is 62.5 Å². The van der Waals surface area contributed by atoms with Crippen LogP contribution in [0.5, 0.6) is 5.75 Å². The molecule has 182 valence electrons. The van der Waals surface area contributed by atoms with Crippen molar-refractivity contribution in [3.63, 3.8) is 0 Å². The second-order valence-electron chi connectivity index (χ2n) is 8.12. The summed E-state index contributed by atoms with van der Waals surface area (Å²) >= 11 is 11.8. The third-order valence-electron chi connectivity index (χ3n) is 5.51. The molecule has 0 atom stereocenters. The molecule has 0 aliphatic carbocycles. The first kappa shape index (κ1) is 24.7. The van der Waals surface area contributed by atoms with Gasteiger partial charge in [0, 0.05) is 48.3 Å². The largest absolute Gasteiger partial charge is 0.495 e. The first-order valence-electron chi connectivity index (χ1n) is 11.3. The SMILES string of the molecule is COc1ccccc1NC(=S)/N=C(/Nc1nc(C)cc(C)n1)N1CCN(c2cccc(Cl)c2)CC1. The van der Waals surface area contributed by atoms with Crippen LogP contribution >= 0.6 is 23.8 Å². The van der Waals surface area contributed by atoms with Crippen LogP contribution in [0, 0.1) is 13.8 Å². The molecule has 0 spiro atoms. The van der Waals surface area contributed by atoms with Gasteiger partial charge in [-0.25, -0.2) is 9.97 Å². The van der Waals surface area contributed by atoms with Gasteiger partial charge in [0.25, 0.3) is 0 Å². The highest BCUT2D eigenvalue weighted by Gasteiger charge is 2.22. The number of ether oxygens (including phenoxy) is 1. The lowest BCUT2D eigenvalue weighted by Crippen LogP contribution is -2.51. The average molecular weight is 510 g/mol. The molecule has 2 aromatic carbocycles. The number of methoxy groups -OCH3 is 1. The van der Waals surface area contributed by atoms with Crippen molar-refractivity contribution in [2.45, 2.75) is 13.8 Å². The van der Waals surface area contributed by atoms with Crippen molar-refractivity contribution >= 4 is 52.2 Å². The minimum absolute atomic E-state index is 0.304. The van der Waals surface area contributed by atoms with E-state index < -0.39 is 0 Å². The molecule has 3 aromatic rings. The Hall–Kier alpha value is -3.43. The van der Waals surface area contributed by atoms with Crippen LogP contribution < -0.4 is 20.3 Å². The Morgan fingerprint density at radius 1 is 0.971 bits per heavy atom. The van der Waals surface area contributed by atoms with Crippen molar-refractivity contribution in [1.82, 2.24) is 14.9 Å². The molecule has 0 amide bonds. The highest BCUT2D eigenvalue weighted by atomic mass is 35.5. The molecule has 2 N–H and O–H groups in total. The van der Waals surface area contributed by atoms with Gasteiger partial charge in [0.05, 0.1) is 12.8 Å². The van der Waals surface area contributed by atoms with Crippen molar-refractivity contribution in [2.24, 2.45) is 4.99 Å². The van der Waals surface area contributed by atoms with E-state index in [9.17, 15) is 0 Å². The fraction of sp³-hybridized carbons (Fsp3) is 0.280. The number of halogens is 1. The Morgan fingerprint density at radius 2 is 1.69 bits per heavy atom. The van der Waals surface area contributed by atoms with Gasteiger partial charge in [0.15, 0.2) is 0 Å². The fourth-order valence-corrected chi connectivity index (χ4v) is 4.28. The average Bonchev–Trinajstić information content (AvgIpc) is 2.83. The van der Waals surface area contributed by atoms with Crippen LogP contribution in [0.25, 0.3) is 0 Å². The van der Waals surface area contributed by atoms with E-state index in [0.29, 0.717) is 22.8 Å². The van der Waals surface area contributed by atoms with Gasteiger partial charge in [-0.15, -0.1) is 0 Å². The van der Waals surface area contributed by atoms with Crippen LogP contribution in [0.15, 0.2) is 59.6 Å². The lowest BCUT2D eigenvalue weighted by atomic mass is 10.2. The number of hydrogen-bond donors (Lipinski definition) is 2. The number of nitrogens with one attached hydrogen (secondary N) is 2. The molecular formula is C25H28ClN7OS. The third kappa shape index (κ3) is 6.58. The van der Waals surface area contributed by atoms with E-state index in [1.54, 1.807) is 7.11 Å². The summed E-state index contributed by atoms with van der Waals surface area (Å²) in [6.07, 6.45) is 0. The first-order chi connectivity index (χ1) is 16.9. The number of piperazine rings is 1. The zero-order valence-electron chi connectivity index (χ0n) is 20.0. The number of nitrogens with zero attached hydrogens (tertiary/aromatic N) is 5. The Labute approximate surface area is 216 Å². The summed E-state index contributed by atoms with van der Waals surface area (Å²) in [5.41, 5.74) is 3.60. The van der Waals surface area contributed by atoms with Crippen LogP contribution in [0.3, 0.4) is 0 Å². The van der Waals surface area contributed by atoms with E-state index in [0.717, 1.165) is 54.0 Å². The molecule has 0 bridgehead atoms. The second-order valence-corrected chi connectivity index (χ2v) is 8.94. The summed E-state index contributed by atoms with van der Waals surface area (Å²) in [5, 5.41) is 7.50. The molecule has 0 saturated carbocycles. The number of aromatic nitrogens is 2. The highest BCUT2D eigenvalue weighted by molar-refractivity contribution is 7.80. The molecule has 8 nitrogen and oxygen atoms in total. The molecule has 1 aromatic heterocycles. The zero-order chi connectivity index (χ0) is 24.8. The summed E-state index contributed by atoms with van der Waals surface area (Å²) in [6, 6.07) is 17.4. The number of hydrogen-bond acceptors (Lipinski definition) is 5. The van der Waals surface area contributed by atoms with Crippen molar-refractivity contribution in [3.05, 3.63) is 71.0 Å². The van der Waals surface area contributed by atoms with E-state index in [2.05, 4.69) is 36.5 Å². The number of guanidine groups is 1. The number of benzene rings is 2. The summed E-state index contributed by atoms with van der Waals surface area (Å²) in [4.78, 5) is 18.2. The first-order valence-corrected chi connectivity index (χ1v) is 12.1. The fourth-order valence-electron chi connectivity index (χ4n) is 3.90. The second kappa shape index (κ2) is 11.3. The number of aliphatic imine (C=N–C) groups is 1. The van der Waals surface area contributed by atoms with Crippen molar-refractivity contribution in [2.75, 3.05) is 48.8 Å². The van der Waals surface area contributed by atoms with Gasteiger partial charge < -0.3 is 19.9 Å². The quantitative estimate of drug-likeness (QED) is 0.296. The maximum atomic E-state index is 6.19. The number of anilines is 3. The Bertz CT molecular complexity index is 1210. The smallest absolute Gasteiger partial charge is 0.229 e. The topological polar surface area (TPSA) is 77.9 Å². The van der Waals surface area contributed by atoms with E-state index in [1.807, 2.05) is 62.4 Å². The molecular weight excluding hydrogens is 482 g/mol. The molecule has 1 aliphatic rings. The minimum Gasteiger partial charge on any atom is -0.495 e. The zero-order valence-corrected chi connectivity index (χ0v) is 21.5. The standard InChI is InChI=1S/C25H28ClN7OS/c1-17-15-18(2)28-23(27-17)30-24(31-25(35)29-21-9-4-5-10-22(21)34-3)33-13-11-32(12-14-33)20-8-6-7-19(26)16-20/h4-10,15-16H,11-14H2,1-3H3,(H2,27,28,29,30,31,35). The van der Waals surface area contributed by atoms with Gasteiger partial charge in [-0.3, -0.25) is 5.32 Å². The van der Waals surface area contributed by atoms with Crippen molar-refractivity contribution in [1.29, 1.82) is 0 Å². The predicted molar refractivity (Wildman–Crippen MR) is 147 cm³/mol. The Kier molecular flexibility index (Phi) is 7.99. The lowest BCUT2D eigenvalue weighted by Gasteiger charge is -2.37. The maximum Gasteiger partial charge on any atom is 0.229 e. The summed E-state index contributed by atoms with van der Waals surface area (Å²) in [7, 11) is 1.62. The summed E-state index contributed by atoms with van der Waals surface area (Å²) in [6.45, 7) is 6.96. The number of aryl methyl sites for hydroxylation is 2. The van der Waals surface area contributed by atoms with Crippen LogP contribution in [-0.4, -0.2) is 59.2 Å². The molecule has 1 aliphatic heterocycles. The van der Waals surface area contributed by atoms with Gasteiger partial charge in [-0.2, -0.15) is 4.99 Å². The lowest BCUT2D eigenvalue weighted by molar-refractivity contribution is 0.385. The van der Waals surface area contributed by atoms with Gasteiger partial charge in [-0.1, -0.05) is 29.8 Å². The van der Waals surface area contributed by atoms with Crippen molar-refractivity contribution in [3.8, 4) is 5.75 Å². The van der Waals surface area contributed by atoms with Crippen molar-refractivity contribution < 1.29 is 4.74 Å². The van der Waals surface area contributed by atoms with E-state index in [-0.39, 0.29) is 0 Å². The molecule has 1 fully saturated rings. The van der Waals surface area contributed by atoms with Gasteiger partial charge in [0.1, 0.15) is 5.75 Å². The van der Waals surface area contributed by atoms with Crippen LogP contribution in [-0.2, 0) is 0 Å². The number of para-hydroxylation sites is 2. The molecule has 4 rings (SSSR count). The molecule has 0 unspecified atom stereocenters. The molecule has 35 heavy (non-hydrogen) atoms. The molecule has 10 heteroatoms. The van der Waals surface area contributed by atoms with E-state index in [1.165, 1.54) is 0 Å². The highest BCUT2D eigenvalue weighted by Crippen LogP contribution is 2.24. The molecule has 2 heterocycles. The van der Waals surface area contributed by atoms with Crippen LogP contribution in [0.4, 0.5) is 17.3 Å². The molecule has 1 saturated heterocycles. The number of thiocarbonyl (C=S) groups is 1. The van der Waals surface area contributed by atoms with Crippen LogP contribution in [0.1, 0.15) is 11.4 Å². The van der Waals surface area contributed by atoms with Crippen LogP contribution in [0.2, 0.25) is 5.02 Å². The summed E-state index contributed by atoms with van der Waals surface area (Å²) in [5.74, 6) is 1.76. The number of rotatable bonds is 4. The maximum absolute atomic E-state index is 6.19. The predicted octanol–water partition coefficient (Wildman–Crippen LogP) is 4.74. The minimum atomic E-state index is 0.304. The van der Waals surface area contributed by atoms with E-state index >= 15 is 0 Å².